The van der Waals surface area contributed by atoms with E-state index in [0.717, 1.165) is 17.9 Å². The van der Waals surface area contributed by atoms with Crippen LogP contribution in [0, 0.1) is 17.2 Å². The fourth-order valence-electron chi connectivity index (χ4n) is 4.08. The number of benzene rings is 2. The number of likely N-dealkylation sites (tertiary alicyclic amines) is 1. The maximum atomic E-state index is 8.89. The van der Waals surface area contributed by atoms with Crippen molar-refractivity contribution in [1.82, 2.24) is 4.90 Å². The van der Waals surface area contributed by atoms with Crippen LogP contribution in [0.5, 0.6) is 0 Å². The molecule has 0 bridgehead atoms. The van der Waals surface area contributed by atoms with Crippen molar-refractivity contribution in [2.75, 3.05) is 13.1 Å². The monoisotopic (exact) mass is 316 g/mol. The maximum Gasteiger partial charge on any atom is 0.0991 e. The highest BCUT2D eigenvalue weighted by atomic mass is 15.2. The Labute approximate surface area is 144 Å². The Balaban J connectivity index is 1.40. The highest BCUT2D eigenvalue weighted by Crippen LogP contribution is 2.48. The van der Waals surface area contributed by atoms with Gasteiger partial charge in [0.25, 0.3) is 0 Å². The third-order valence-corrected chi connectivity index (χ3v) is 5.77. The van der Waals surface area contributed by atoms with E-state index in [1.807, 2.05) is 24.3 Å². The number of hydrogen-bond acceptors (Lipinski definition) is 2. The van der Waals surface area contributed by atoms with Gasteiger partial charge in [-0.15, -0.1) is 0 Å². The molecule has 0 unspecified atom stereocenters. The van der Waals surface area contributed by atoms with Crippen molar-refractivity contribution in [2.24, 2.45) is 5.92 Å². The van der Waals surface area contributed by atoms with Crippen molar-refractivity contribution in [1.29, 1.82) is 5.26 Å². The van der Waals surface area contributed by atoms with Crippen molar-refractivity contribution in [3.8, 4) is 17.2 Å². The summed E-state index contributed by atoms with van der Waals surface area (Å²) in [7, 11) is 0. The minimum Gasteiger partial charge on any atom is -0.300 e. The summed E-state index contributed by atoms with van der Waals surface area (Å²) in [6.45, 7) is 4.95. The summed E-state index contributed by atoms with van der Waals surface area (Å²) in [5.41, 5.74) is 4.61. The lowest BCUT2D eigenvalue weighted by Gasteiger charge is -2.20. The normalized spacial score (nSPS) is 26.2. The Morgan fingerprint density at radius 1 is 1.04 bits per heavy atom. The third kappa shape index (κ3) is 3.09. The molecular weight excluding hydrogens is 292 g/mol. The Hall–Kier alpha value is -2.11. The van der Waals surface area contributed by atoms with Crippen LogP contribution in [0.15, 0.2) is 48.5 Å². The van der Waals surface area contributed by atoms with Crippen molar-refractivity contribution in [3.63, 3.8) is 0 Å². The highest BCUT2D eigenvalue weighted by molar-refractivity contribution is 5.64. The molecule has 0 amide bonds. The standard InChI is InChI=1S/C22H24N2/c1-16-3-2-12-24(16)15-21-13-22(21)20-10-8-19(9-11-20)18-6-4-17(14-23)5-7-18/h4-11,16,21-22H,2-3,12-13,15H2,1H3/t16-,21+,22+/m0/s1. The largest absolute Gasteiger partial charge is 0.300 e. The first-order valence-corrected chi connectivity index (χ1v) is 9.09. The maximum absolute atomic E-state index is 8.89. The second kappa shape index (κ2) is 6.42. The molecule has 0 radical (unpaired) electrons. The molecule has 0 N–H and O–H groups in total. The molecule has 24 heavy (non-hydrogen) atoms. The molecule has 0 aromatic heterocycles. The lowest BCUT2D eigenvalue weighted by molar-refractivity contribution is 0.256. The van der Waals surface area contributed by atoms with Gasteiger partial charge in [0.05, 0.1) is 11.6 Å². The Bertz CT molecular complexity index is 739. The van der Waals surface area contributed by atoms with Crippen LogP contribution < -0.4 is 0 Å². The van der Waals surface area contributed by atoms with E-state index in [1.165, 1.54) is 49.0 Å². The van der Waals surface area contributed by atoms with E-state index < -0.39 is 0 Å². The molecule has 2 aromatic rings. The molecule has 2 nitrogen and oxygen atoms in total. The summed E-state index contributed by atoms with van der Waals surface area (Å²) < 4.78 is 0. The molecule has 1 aliphatic heterocycles. The fourth-order valence-corrected chi connectivity index (χ4v) is 4.08. The Morgan fingerprint density at radius 2 is 1.71 bits per heavy atom. The van der Waals surface area contributed by atoms with Crippen molar-refractivity contribution in [3.05, 3.63) is 59.7 Å². The zero-order valence-corrected chi connectivity index (χ0v) is 14.3. The van der Waals surface area contributed by atoms with E-state index in [0.29, 0.717) is 5.56 Å². The lowest BCUT2D eigenvalue weighted by Crippen LogP contribution is -2.29. The summed E-state index contributed by atoms with van der Waals surface area (Å²) >= 11 is 0. The van der Waals surface area contributed by atoms with E-state index >= 15 is 0 Å². The molecule has 2 aliphatic rings. The van der Waals surface area contributed by atoms with Gasteiger partial charge in [0.1, 0.15) is 0 Å². The first-order chi connectivity index (χ1) is 11.7. The lowest BCUT2D eigenvalue weighted by atomic mass is 10.0. The third-order valence-electron chi connectivity index (χ3n) is 5.77. The summed E-state index contributed by atoms with van der Waals surface area (Å²) in [5.74, 6) is 1.61. The van der Waals surface area contributed by atoms with Gasteiger partial charge >= 0.3 is 0 Å². The molecule has 1 saturated heterocycles. The van der Waals surface area contributed by atoms with Crippen LogP contribution in [-0.2, 0) is 0 Å². The second-order valence-corrected chi connectivity index (χ2v) is 7.40. The van der Waals surface area contributed by atoms with Crippen LogP contribution in [0.2, 0.25) is 0 Å². The van der Waals surface area contributed by atoms with Crippen molar-refractivity contribution in [2.45, 2.75) is 38.1 Å². The molecule has 2 heteroatoms. The highest BCUT2D eigenvalue weighted by Gasteiger charge is 2.40. The summed E-state index contributed by atoms with van der Waals surface area (Å²) in [4.78, 5) is 2.68. The first kappa shape index (κ1) is 15.4. The van der Waals surface area contributed by atoms with Crippen LogP contribution in [0.3, 0.4) is 0 Å². The van der Waals surface area contributed by atoms with E-state index in [2.05, 4.69) is 42.2 Å². The average molecular weight is 316 g/mol. The SMILES string of the molecule is C[C@H]1CCCN1C[C@H]1C[C@@H]1c1ccc(-c2ccc(C#N)cc2)cc1. The van der Waals surface area contributed by atoms with E-state index in [9.17, 15) is 0 Å². The number of hydrogen-bond donors (Lipinski definition) is 0. The minimum absolute atomic E-state index is 0.715. The van der Waals surface area contributed by atoms with Gasteiger partial charge in [0.2, 0.25) is 0 Å². The predicted molar refractivity (Wildman–Crippen MR) is 97.7 cm³/mol. The molecule has 1 aliphatic carbocycles. The van der Waals surface area contributed by atoms with Gasteiger partial charge in [-0.25, -0.2) is 0 Å². The van der Waals surface area contributed by atoms with Crippen molar-refractivity contribution < 1.29 is 0 Å². The van der Waals surface area contributed by atoms with E-state index in [-0.39, 0.29) is 0 Å². The molecule has 1 heterocycles. The first-order valence-electron chi connectivity index (χ1n) is 9.09. The smallest absolute Gasteiger partial charge is 0.0991 e. The van der Waals surface area contributed by atoms with Crippen molar-refractivity contribution >= 4 is 0 Å². The topological polar surface area (TPSA) is 27.0 Å². The number of nitrogens with zero attached hydrogens (tertiary/aromatic N) is 2. The molecular formula is C22H24N2. The van der Waals surface area contributed by atoms with E-state index in [4.69, 9.17) is 5.26 Å². The molecule has 0 spiro atoms. The van der Waals surface area contributed by atoms with Gasteiger partial charge in [-0.05, 0) is 73.4 Å². The van der Waals surface area contributed by atoms with Gasteiger partial charge in [0.15, 0.2) is 0 Å². The summed E-state index contributed by atoms with van der Waals surface area (Å²) in [6.07, 6.45) is 4.09. The second-order valence-electron chi connectivity index (χ2n) is 7.40. The predicted octanol–water partition coefficient (Wildman–Crippen LogP) is 4.81. The van der Waals surface area contributed by atoms with Crippen LogP contribution in [0.1, 0.15) is 43.2 Å². The van der Waals surface area contributed by atoms with Gasteiger partial charge in [-0.3, -0.25) is 0 Å². The van der Waals surface area contributed by atoms with E-state index in [1.54, 1.807) is 0 Å². The van der Waals surface area contributed by atoms with Crippen LogP contribution in [0.4, 0.5) is 0 Å². The Kier molecular flexibility index (Phi) is 4.12. The average Bonchev–Trinajstić information content (AvgIpc) is 3.29. The van der Waals surface area contributed by atoms with Gasteiger partial charge < -0.3 is 4.90 Å². The molecule has 3 atom stereocenters. The van der Waals surface area contributed by atoms with Crippen LogP contribution in [0.25, 0.3) is 11.1 Å². The summed E-state index contributed by atoms with van der Waals surface area (Å²) in [6, 6.07) is 19.8. The molecule has 2 fully saturated rings. The molecule has 4 rings (SSSR count). The quantitative estimate of drug-likeness (QED) is 0.809. The van der Waals surface area contributed by atoms with Gasteiger partial charge in [-0.2, -0.15) is 5.26 Å². The van der Waals surface area contributed by atoms with Gasteiger partial charge in [0, 0.05) is 12.6 Å². The zero-order chi connectivity index (χ0) is 16.5. The Morgan fingerprint density at radius 3 is 2.29 bits per heavy atom. The van der Waals surface area contributed by atoms with Gasteiger partial charge in [-0.1, -0.05) is 36.4 Å². The summed E-state index contributed by atoms with van der Waals surface area (Å²) in [5, 5.41) is 8.89. The molecule has 2 aromatic carbocycles. The number of rotatable bonds is 4. The molecule has 1 saturated carbocycles. The number of nitriles is 1. The fraction of sp³-hybridized carbons (Fsp3) is 0.409. The zero-order valence-electron chi connectivity index (χ0n) is 14.3. The minimum atomic E-state index is 0.715. The van der Waals surface area contributed by atoms with Crippen LogP contribution in [-0.4, -0.2) is 24.0 Å². The van der Waals surface area contributed by atoms with Crippen LogP contribution >= 0.6 is 0 Å². The molecule has 122 valence electrons.